The lowest BCUT2D eigenvalue weighted by atomic mass is 10.1. The molecule has 1 aliphatic heterocycles. The van der Waals surface area contributed by atoms with E-state index in [2.05, 4.69) is 6.92 Å². The fraction of sp³-hybridized carbons (Fsp3) is 0.375. The largest absolute Gasteiger partial charge is 0.274 e. The third kappa shape index (κ3) is 3.48. The molecule has 1 heterocycles. The van der Waals surface area contributed by atoms with Crippen molar-refractivity contribution in [2.24, 2.45) is 0 Å². The van der Waals surface area contributed by atoms with E-state index in [0.29, 0.717) is 22.2 Å². The van der Waals surface area contributed by atoms with Gasteiger partial charge in [0.25, 0.3) is 11.8 Å². The Kier molecular flexibility index (Phi) is 5.90. The Morgan fingerprint density at radius 3 is 2.36 bits per heavy atom. The molecule has 22 heavy (non-hydrogen) atoms. The first-order valence-corrected chi connectivity index (χ1v) is 8.32. The summed E-state index contributed by atoms with van der Waals surface area (Å²) in [4.78, 5) is 25.9. The quantitative estimate of drug-likeness (QED) is 0.535. The molecule has 1 aliphatic rings. The van der Waals surface area contributed by atoms with Gasteiger partial charge in [-0.25, -0.2) is 0 Å². The third-order valence-electron chi connectivity index (χ3n) is 3.55. The zero-order chi connectivity index (χ0) is 16.3. The molecule has 0 N–H and O–H groups in total. The Hall–Kier alpha value is -1.03. The lowest BCUT2D eigenvalue weighted by Crippen LogP contribution is -2.32. The van der Waals surface area contributed by atoms with E-state index in [4.69, 9.17) is 34.8 Å². The summed E-state index contributed by atoms with van der Waals surface area (Å²) in [6.07, 6.45) is 3.92. The molecule has 0 bridgehead atoms. The summed E-state index contributed by atoms with van der Waals surface area (Å²) in [6, 6.07) is 4.74. The van der Waals surface area contributed by atoms with Crippen molar-refractivity contribution < 1.29 is 9.59 Å². The number of carbonyl (C=O) groups is 2. The molecule has 0 saturated heterocycles. The van der Waals surface area contributed by atoms with Crippen molar-refractivity contribution in [1.29, 1.82) is 0 Å². The number of hydrogen-bond donors (Lipinski definition) is 0. The van der Waals surface area contributed by atoms with Crippen LogP contribution in [-0.4, -0.2) is 23.3 Å². The fourth-order valence-corrected chi connectivity index (χ4v) is 3.16. The summed E-state index contributed by atoms with van der Waals surface area (Å²) in [6.45, 7) is 2.48. The molecule has 2 rings (SSSR count). The molecule has 0 aliphatic carbocycles. The van der Waals surface area contributed by atoms with Crippen molar-refractivity contribution in [2.75, 3.05) is 6.54 Å². The highest BCUT2D eigenvalue weighted by atomic mass is 35.5. The van der Waals surface area contributed by atoms with Crippen molar-refractivity contribution in [2.45, 2.75) is 32.6 Å². The zero-order valence-corrected chi connectivity index (χ0v) is 14.4. The van der Waals surface area contributed by atoms with Gasteiger partial charge in [-0.3, -0.25) is 14.5 Å². The summed E-state index contributed by atoms with van der Waals surface area (Å²) < 4.78 is 0. The van der Waals surface area contributed by atoms with Crippen LogP contribution in [-0.2, 0) is 9.59 Å². The van der Waals surface area contributed by atoms with Crippen molar-refractivity contribution >= 4 is 52.2 Å². The molecule has 1 aromatic rings. The van der Waals surface area contributed by atoms with Crippen molar-refractivity contribution in [1.82, 2.24) is 4.90 Å². The second-order valence-electron chi connectivity index (χ2n) is 5.14. The Balaban J connectivity index is 2.22. The number of halogens is 3. The van der Waals surface area contributed by atoms with Gasteiger partial charge >= 0.3 is 0 Å². The van der Waals surface area contributed by atoms with Gasteiger partial charge in [-0.05, 0) is 18.6 Å². The first kappa shape index (κ1) is 17.3. The Labute approximate surface area is 144 Å². The van der Waals surface area contributed by atoms with E-state index < -0.39 is 11.8 Å². The van der Waals surface area contributed by atoms with Crippen LogP contribution >= 0.6 is 34.8 Å². The van der Waals surface area contributed by atoms with Gasteiger partial charge in [0.1, 0.15) is 5.03 Å². The van der Waals surface area contributed by atoms with E-state index in [9.17, 15) is 9.59 Å². The molecule has 1 aromatic carbocycles. The minimum Gasteiger partial charge on any atom is -0.274 e. The predicted octanol–water partition coefficient (Wildman–Crippen LogP) is 4.89. The number of carbonyl (C=O) groups excluding carboxylic acids is 2. The Morgan fingerprint density at radius 2 is 1.73 bits per heavy atom. The molecule has 0 saturated carbocycles. The van der Waals surface area contributed by atoms with Crippen LogP contribution in [0, 0.1) is 0 Å². The second-order valence-corrected chi connectivity index (χ2v) is 6.36. The maximum Gasteiger partial charge on any atom is 0.273 e. The summed E-state index contributed by atoms with van der Waals surface area (Å²) in [7, 11) is 0. The minimum absolute atomic E-state index is 0.0790. The van der Waals surface area contributed by atoms with E-state index in [-0.39, 0.29) is 10.6 Å². The topological polar surface area (TPSA) is 37.4 Å². The van der Waals surface area contributed by atoms with Gasteiger partial charge in [0.2, 0.25) is 0 Å². The molecule has 0 radical (unpaired) electrons. The maximum absolute atomic E-state index is 12.5. The van der Waals surface area contributed by atoms with Crippen molar-refractivity contribution in [3.05, 3.63) is 38.8 Å². The van der Waals surface area contributed by atoms with E-state index in [1.165, 1.54) is 11.0 Å². The molecule has 0 unspecified atom stereocenters. The van der Waals surface area contributed by atoms with Crippen LogP contribution in [0.15, 0.2) is 23.2 Å². The summed E-state index contributed by atoms with van der Waals surface area (Å²) in [5.74, 6) is -0.847. The van der Waals surface area contributed by atoms with Crippen LogP contribution in [0.1, 0.15) is 38.2 Å². The summed E-state index contributed by atoms with van der Waals surface area (Å²) >= 11 is 18.1. The van der Waals surface area contributed by atoms with Crippen molar-refractivity contribution in [3.8, 4) is 0 Å². The average molecular weight is 361 g/mol. The van der Waals surface area contributed by atoms with E-state index >= 15 is 0 Å². The number of amides is 2. The molecule has 6 heteroatoms. The lowest BCUT2D eigenvalue weighted by molar-refractivity contribution is -0.136. The van der Waals surface area contributed by atoms with Gasteiger partial charge in [-0.15, -0.1) is 0 Å². The summed E-state index contributed by atoms with van der Waals surface area (Å²) in [5.41, 5.74) is 0.592. The molecule has 0 spiro atoms. The lowest BCUT2D eigenvalue weighted by Gasteiger charge is -2.14. The number of hydrogen-bond acceptors (Lipinski definition) is 2. The van der Waals surface area contributed by atoms with Gasteiger partial charge < -0.3 is 0 Å². The highest BCUT2D eigenvalue weighted by Crippen LogP contribution is 2.36. The van der Waals surface area contributed by atoms with Crippen LogP contribution in [0.3, 0.4) is 0 Å². The van der Waals surface area contributed by atoms with Crippen LogP contribution in [0.5, 0.6) is 0 Å². The predicted molar refractivity (Wildman–Crippen MR) is 90.1 cm³/mol. The van der Waals surface area contributed by atoms with Crippen molar-refractivity contribution in [3.63, 3.8) is 0 Å². The standard InChI is InChI=1S/C16H16Cl3NO2/c1-2-3-4-5-8-20-15(21)13(14(19)16(20)22)11-7-6-10(17)9-12(11)18/h6-7,9H,2-5,8H2,1H3. The number of unbranched alkanes of at least 4 members (excludes halogenated alkanes) is 3. The smallest absolute Gasteiger partial charge is 0.273 e. The second kappa shape index (κ2) is 7.49. The third-order valence-corrected chi connectivity index (χ3v) is 4.45. The van der Waals surface area contributed by atoms with E-state index in [1.807, 2.05) is 0 Å². The SMILES string of the molecule is CCCCCCN1C(=O)C(Cl)=C(c2ccc(Cl)cc2Cl)C1=O. The first-order valence-electron chi connectivity index (χ1n) is 7.18. The average Bonchev–Trinajstić information content (AvgIpc) is 2.68. The number of rotatable bonds is 6. The maximum atomic E-state index is 12.5. The molecule has 2 amide bonds. The van der Waals surface area contributed by atoms with Crippen LogP contribution in [0.25, 0.3) is 5.57 Å². The molecular weight excluding hydrogens is 345 g/mol. The zero-order valence-electron chi connectivity index (χ0n) is 12.2. The molecule has 3 nitrogen and oxygen atoms in total. The summed E-state index contributed by atoms with van der Waals surface area (Å²) in [5, 5.41) is 0.679. The molecule has 118 valence electrons. The van der Waals surface area contributed by atoms with Gasteiger partial charge in [0.05, 0.1) is 10.6 Å². The normalized spacial score (nSPS) is 15.2. The molecule has 0 aromatic heterocycles. The highest BCUT2D eigenvalue weighted by molar-refractivity contribution is 6.55. The van der Waals surface area contributed by atoms with Crippen LogP contribution in [0.4, 0.5) is 0 Å². The van der Waals surface area contributed by atoms with E-state index in [1.54, 1.807) is 12.1 Å². The first-order chi connectivity index (χ1) is 10.5. The van der Waals surface area contributed by atoms with Gasteiger partial charge in [0, 0.05) is 17.1 Å². The Morgan fingerprint density at radius 1 is 1.00 bits per heavy atom. The van der Waals surface area contributed by atoms with Crippen LogP contribution < -0.4 is 0 Å². The number of nitrogens with zero attached hydrogens (tertiary/aromatic N) is 1. The van der Waals surface area contributed by atoms with Gasteiger partial charge in [0.15, 0.2) is 0 Å². The van der Waals surface area contributed by atoms with Gasteiger partial charge in [-0.1, -0.05) is 67.1 Å². The van der Waals surface area contributed by atoms with Gasteiger partial charge in [-0.2, -0.15) is 0 Å². The molecular formula is C16H16Cl3NO2. The number of benzene rings is 1. The monoisotopic (exact) mass is 359 g/mol. The van der Waals surface area contributed by atoms with E-state index in [0.717, 1.165) is 25.7 Å². The van der Waals surface area contributed by atoms with Crippen LogP contribution in [0.2, 0.25) is 10.0 Å². The molecule has 0 fully saturated rings. The number of imide groups is 1. The molecule has 0 atom stereocenters. The minimum atomic E-state index is -0.454. The Bertz CT molecular complexity index is 640. The fourth-order valence-electron chi connectivity index (χ4n) is 2.37. The highest BCUT2D eigenvalue weighted by Gasteiger charge is 2.38.